The standard InChI is InChI=1S/C11H13N3O2S/c12-8-9-7-10(13)1-2-11(9)14-3-5-17(15,16)6-4-14/h1-2,7H,3-6,13H2. The van der Waals surface area contributed by atoms with Gasteiger partial charge in [-0.05, 0) is 18.2 Å². The zero-order chi connectivity index (χ0) is 12.5. The zero-order valence-electron chi connectivity index (χ0n) is 9.26. The summed E-state index contributed by atoms with van der Waals surface area (Å²) < 4.78 is 22.6. The van der Waals surface area contributed by atoms with E-state index in [1.807, 2.05) is 4.90 Å². The Hall–Kier alpha value is -1.74. The minimum absolute atomic E-state index is 0.141. The van der Waals surface area contributed by atoms with Gasteiger partial charge >= 0.3 is 0 Å². The Labute approximate surface area is 100 Å². The minimum atomic E-state index is -2.90. The van der Waals surface area contributed by atoms with E-state index < -0.39 is 9.84 Å². The molecule has 1 aliphatic rings. The van der Waals surface area contributed by atoms with Crippen molar-refractivity contribution in [2.45, 2.75) is 0 Å². The normalized spacial score (nSPS) is 18.6. The summed E-state index contributed by atoms with van der Waals surface area (Å²) in [6.45, 7) is 0.863. The van der Waals surface area contributed by atoms with Crippen LogP contribution >= 0.6 is 0 Å². The predicted octanol–water partition coefficient (Wildman–Crippen LogP) is 0.375. The van der Waals surface area contributed by atoms with E-state index in [-0.39, 0.29) is 11.5 Å². The van der Waals surface area contributed by atoms with Crippen LogP contribution < -0.4 is 10.6 Å². The molecule has 1 aromatic rings. The molecule has 1 saturated heterocycles. The smallest absolute Gasteiger partial charge is 0.153 e. The average Bonchev–Trinajstić information content (AvgIpc) is 2.29. The topological polar surface area (TPSA) is 87.2 Å². The average molecular weight is 251 g/mol. The molecule has 0 aromatic heterocycles. The van der Waals surface area contributed by atoms with Gasteiger partial charge < -0.3 is 10.6 Å². The van der Waals surface area contributed by atoms with Crippen LogP contribution in [0.25, 0.3) is 0 Å². The van der Waals surface area contributed by atoms with Crippen molar-refractivity contribution in [3.63, 3.8) is 0 Å². The van der Waals surface area contributed by atoms with Crippen molar-refractivity contribution >= 4 is 21.2 Å². The van der Waals surface area contributed by atoms with Gasteiger partial charge in [-0.1, -0.05) is 0 Å². The van der Waals surface area contributed by atoms with Gasteiger partial charge in [0.15, 0.2) is 9.84 Å². The molecule has 90 valence electrons. The molecule has 0 bridgehead atoms. The van der Waals surface area contributed by atoms with Crippen LogP contribution in [0, 0.1) is 11.3 Å². The summed E-state index contributed by atoms with van der Waals surface area (Å²) in [5, 5.41) is 9.03. The molecule has 0 saturated carbocycles. The second kappa shape index (κ2) is 4.26. The number of nitrogens with two attached hydrogens (primary N) is 1. The van der Waals surface area contributed by atoms with Crippen LogP contribution in [0.15, 0.2) is 18.2 Å². The maximum atomic E-state index is 11.3. The number of benzene rings is 1. The first-order valence-corrected chi connectivity index (χ1v) is 7.09. The van der Waals surface area contributed by atoms with E-state index in [4.69, 9.17) is 11.0 Å². The van der Waals surface area contributed by atoms with Gasteiger partial charge in [0, 0.05) is 18.8 Å². The highest BCUT2D eigenvalue weighted by Crippen LogP contribution is 2.24. The molecule has 0 aliphatic carbocycles. The monoisotopic (exact) mass is 251 g/mol. The number of hydrogen-bond donors (Lipinski definition) is 1. The lowest BCUT2D eigenvalue weighted by molar-refractivity contribution is 0.587. The van der Waals surface area contributed by atoms with Crippen LogP contribution in [-0.2, 0) is 9.84 Å². The van der Waals surface area contributed by atoms with Crippen LogP contribution in [0.2, 0.25) is 0 Å². The van der Waals surface area contributed by atoms with Crippen molar-refractivity contribution in [2.24, 2.45) is 0 Å². The Morgan fingerprint density at radius 3 is 2.53 bits per heavy atom. The molecule has 1 heterocycles. The molecule has 0 spiro atoms. The number of nitrogens with zero attached hydrogens (tertiary/aromatic N) is 2. The Morgan fingerprint density at radius 1 is 1.29 bits per heavy atom. The van der Waals surface area contributed by atoms with Gasteiger partial charge in [0.1, 0.15) is 6.07 Å². The molecule has 2 rings (SSSR count). The number of rotatable bonds is 1. The van der Waals surface area contributed by atoms with E-state index in [1.165, 1.54) is 0 Å². The molecule has 0 unspecified atom stereocenters. The summed E-state index contributed by atoms with van der Waals surface area (Å²) in [4.78, 5) is 1.92. The minimum Gasteiger partial charge on any atom is -0.399 e. The molecular weight excluding hydrogens is 238 g/mol. The third kappa shape index (κ3) is 2.50. The van der Waals surface area contributed by atoms with E-state index >= 15 is 0 Å². The summed E-state index contributed by atoms with van der Waals surface area (Å²) in [6.07, 6.45) is 0. The maximum absolute atomic E-state index is 11.3. The van der Waals surface area contributed by atoms with Gasteiger partial charge in [-0.2, -0.15) is 5.26 Å². The van der Waals surface area contributed by atoms with Crippen molar-refractivity contribution < 1.29 is 8.42 Å². The lowest BCUT2D eigenvalue weighted by Crippen LogP contribution is -2.40. The maximum Gasteiger partial charge on any atom is 0.153 e. The first-order chi connectivity index (χ1) is 8.02. The summed E-state index contributed by atoms with van der Waals surface area (Å²) in [6, 6.07) is 7.18. The van der Waals surface area contributed by atoms with E-state index in [0.29, 0.717) is 24.3 Å². The highest BCUT2D eigenvalue weighted by Gasteiger charge is 2.23. The van der Waals surface area contributed by atoms with Crippen LogP contribution in [0.4, 0.5) is 11.4 Å². The first kappa shape index (κ1) is 11.7. The fourth-order valence-corrected chi connectivity index (χ4v) is 3.07. The van der Waals surface area contributed by atoms with Gasteiger partial charge in [-0.15, -0.1) is 0 Å². The van der Waals surface area contributed by atoms with Crippen molar-refractivity contribution in [3.05, 3.63) is 23.8 Å². The number of anilines is 2. The second-order valence-electron chi connectivity index (χ2n) is 4.03. The molecule has 0 radical (unpaired) electrons. The predicted molar refractivity (Wildman–Crippen MR) is 66.4 cm³/mol. The number of hydrogen-bond acceptors (Lipinski definition) is 5. The number of nitriles is 1. The molecule has 1 fully saturated rings. The van der Waals surface area contributed by atoms with E-state index in [2.05, 4.69) is 6.07 Å². The molecule has 17 heavy (non-hydrogen) atoms. The highest BCUT2D eigenvalue weighted by atomic mass is 32.2. The molecular formula is C11H13N3O2S. The molecule has 6 heteroatoms. The largest absolute Gasteiger partial charge is 0.399 e. The lowest BCUT2D eigenvalue weighted by atomic mass is 10.1. The molecule has 1 aromatic carbocycles. The Bertz CT molecular complexity index is 561. The van der Waals surface area contributed by atoms with Crippen molar-refractivity contribution in [1.29, 1.82) is 5.26 Å². The fraction of sp³-hybridized carbons (Fsp3) is 0.364. The molecule has 2 N–H and O–H groups in total. The quantitative estimate of drug-likeness (QED) is 0.729. The van der Waals surface area contributed by atoms with Crippen LogP contribution in [0.5, 0.6) is 0 Å². The molecule has 0 amide bonds. The SMILES string of the molecule is N#Cc1cc(N)ccc1N1CCS(=O)(=O)CC1. The van der Waals surface area contributed by atoms with Crippen molar-refractivity contribution in [2.75, 3.05) is 35.2 Å². The third-order valence-corrected chi connectivity index (χ3v) is 4.44. The van der Waals surface area contributed by atoms with Gasteiger partial charge in [0.05, 0.1) is 22.8 Å². The van der Waals surface area contributed by atoms with E-state index in [0.717, 1.165) is 5.69 Å². The van der Waals surface area contributed by atoms with Crippen molar-refractivity contribution in [1.82, 2.24) is 0 Å². The van der Waals surface area contributed by atoms with Gasteiger partial charge in [0.25, 0.3) is 0 Å². The summed E-state index contributed by atoms with van der Waals surface area (Å²) in [5.74, 6) is 0.282. The molecule has 1 aliphatic heterocycles. The fourth-order valence-electron chi connectivity index (χ4n) is 1.87. The number of sulfone groups is 1. The summed E-state index contributed by atoms with van der Waals surface area (Å²) in [5.41, 5.74) is 7.40. The Balaban J connectivity index is 2.28. The van der Waals surface area contributed by atoms with Gasteiger partial charge in [-0.25, -0.2) is 8.42 Å². The Morgan fingerprint density at radius 2 is 1.94 bits per heavy atom. The van der Waals surface area contributed by atoms with Crippen LogP contribution in [0.1, 0.15) is 5.56 Å². The zero-order valence-corrected chi connectivity index (χ0v) is 10.1. The van der Waals surface area contributed by atoms with Crippen LogP contribution in [-0.4, -0.2) is 33.0 Å². The van der Waals surface area contributed by atoms with Gasteiger partial charge in [-0.3, -0.25) is 0 Å². The highest BCUT2D eigenvalue weighted by molar-refractivity contribution is 7.91. The third-order valence-electron chi connectivity index (χ3n) is 2.83. The van der Waals surface area contributed by atoms with Gasteiger partial charge in [0.2, 0.25) is 0 Å². The second-order valence-corrected chi connectivity index (χ2v) is 6.33. The van der Waals surface area contributed by atoms with E-state index in [1.54, 1.807) is 18.2 Å². The first-order valence-electron chi connectivity index (χ1n) is 5.27. The van der Waals surface area contributed by atoms with Crippen molar-refractivity contribution in [3.8, 4) is 6.07 Å². The summed E-state index contributed by atoms with van der Waals surface area (Å²) >= 11 is 0. The van der Waals surface area contributed by atoms with E-state index in [9.17, 15) is 8.42 Å². The molecule has 5 nitrogen and oxygen atoms in total. The number of nitrogen functional groups attached to an aromatic ring is 1. The Kier molecular flexibility index (Phi) is 2.94. The molecule has 0 atom stereocenters. The lowest BCUT2D eigenvalue weighted by Gasteiger charge is -2.29. The van der Waals surface area contributed by atoms with Crippen LogP contribution in [0.3, 0.4) is 0 Å². The summed E-state index contributed by atoms with van der Waals surface area (Å²) in [7, 11) is -2.90.